The average Bonchev–Trinajstić information content (AvgIpc) is 2.87. The lowest BCUT2D eigenvalue weighted by molar-refractivity contribution is -0.138. The predicted octanol–water partition coefficient (Wildman–Crippen LogP) is 2.67. The normalized spacial score (nSPS) is 16.6. The van der Waals surface area contributed by atoms with Gasteiger partial charge in [0, 0.05) is 22.9 Å². The van der Waals surface area contributed by atoms with Crippen LogP contribution in [-0.2, 0) is 4.79 Å². The highest BCUT2D eigenvalue weighted by atomic mass is 79.9. The van der Waals surface area contributed by atoms with Gasteiger partial charge in [-0.15, -0.1) is 0 Å². The van der Waals surface area contributed by atoms with Crippen molar-refractivity contribution in [2.75, 3.05) is 11.4 Å². The minimum atomic E-state index is -0.929. The molecule has 6 heteroatoms. The first-order valence-electron chi connectivity index (χ1n) is 6.33. The number of hydrogen-bond donors (Lipinski definition) is 1. The van der Waals surface area contributed by atoms with Crippen LogP contribution in [0.1, 0.15) is 22.0 Å². The number of benzene rings is 1. The molecular weight excluding hydrogens is 336 g/mol. The second-order valence-corrected chi connectivity index (χ2v) is 5.64. The third kappa shape index (κ3) is 2.42. The van der Waals surface area contributed by atoms with E-state index in [9.17, 15) is 14.7 Å². The minimum Gasteiger partial charge on any atom is -0.481 e. The average molecular weight is 347 g/mol. The summed E-state index contributed by atoms with van der Waals surface area (Å²) in [6, 6.07) is 10.4. The summed E-state index contributed by atoms with van der Waals surface area (Å²) in [5.41, 5.74) is 1.59. The van der Waals surface area contributed by atoms with Gasteiger partial charge in [0.1, 0.15) is 11.6 Å². The number of anilines is 1. The van der Waals surface area contributed by atoms with Crippen LogP contribution in [0.2, 0.25) is 0 Å². The summed E-state index contributed by atoms with van der Waals surface area (Å²) in [6.07, 6.45) is 1.55. The molecule has 21 heavy (non-hydrogen) atoms. The van der Waals surface area contributed by atoms with Gasteiger partial charge in [0.25, 0.3) is 5.91 Å². The summed E-state index contributed by atoms with van der Waals surface area (Å²) in [4.78, 5) is 29.5. The summed E-state index contributed by atoms with van der Waals surface area (Å²) >= 11 is 3.27. The van der Waals surface area contributed by atoms with E-state index in [0.717, 1.165) is 4.47 Å². The standard InChI is InChI=1S/C15H11BrN2O3/c16-9-5-6-12(17-7-9)14(19)18-8-11(15(20)21)10-3-1-2-4-13(10)18/h1-7,11H,8H2,(H,20,21). The Balaban J connectivity index is 1.98. The monoisotopic (exact) mass is 346 g/mol. The molecule has 0 saturated carbocycles. The summed E-state index contributed by atoms with van der Waals surface area (Å²) in [5.74, 6) is -1.92. The Bertz CT molecular complexity index is 715. The van der Waals surface area contributed by atoms with Crippen molar-refractivity contribution in [1.82, 2.24) is 4.98 Å². The van der Waals surface area contributed by atoms with Crippen LogP contribution in [0.25, 0.3) is 0 Å². The summed E-state index contributed by atoms with van der Waals surface area (Å²) in [7, 11) is 0. The number of hydrogen-bond acceptors (Lipinski definition) is 3. The van der Waals surface area contributed by atoms with E-state index in [1.54, 1.807) is 42.6 Å². The van der Waals surface area contributed by atoms with Crippen LogP contribution in [0, 0.1) is 0 Å². The number of pyridine rings is 1. The second-order valence-electron chi connectivity index (χ2n) is 4.73. The number of nitrogens with zero attached hydrogens (tertiary/aromatic N) is 2. The summed E-state index contributed by atoms with van der Waals surface area (Å²) < 4.78 is 0.782. The van der Waals surface area contributed by atoms with E-state index in [-0.39, 0.29) is 12.5 Å². The number of para-hydroxylation sites is 1. The van der Waals surface area contributed by atoms with Crippen LogP contribution in [0.15, 0.2) is 47.1 Å². The van der Waals surface area contributed by atoms with Gasteiger partial charge < -0.3 is 10.0 Å². The minimum absolute atomic E-state index is 0.130. The van der Waals surface area contributed by atoms with E-state index in [1.807, 2.05) is 0 Å². The van der Waals surface area contributed by atoms with Gasteiger partial charge in [0.05, 0.1) is 0 Å². The Morgan fingerprint density at radius 3 is 2.67 bits per heavy atom. The number of aromatic nitrogens is 1. The van der Waals surface area contributed by atoms with E-state index in [1.165, 1.54) is 4.90 Å². The van der Waals surface area contributed by atoms with Gasteiger partial charge >= 0.3 is 5.97 Å². The van der Waals surface area contributed by atoms with E-state index in [0.29, 0.717) is 16.9 Å². The van der Waals surface area contributed by atoms with Gasteiger partial charge in [-0.1, -0.05) is 18.2 Å². The quantitative estimate of drug-likeness (QED) is 0.907. The molecule has 1 aliphatic heterocycles. The lowest BCUT2D eigenvalue weighted by atomic mass is 10.0. The number of rotatable bonds is 2. The first-order valence-corrected chi connectivity index (χ1v) is 7.12. The van der Waals surface area contributed by atoms with Gasteiger partial charge in [-0.3, -0.25) is 9.59 Å². The van der Waals surface area contributed by atoms with Crippen molar-refractivity contribution in [3.63, 3.8) is 0 Å². The molecule has 0 bridgehead atoms. The number of carboxylic acid groups (broad SMARTS) is 1. The topological polar surface area (TPSA) is 70.5 Å². The van der Waals surface area contributed by atoms with Gasteiger partial charge in [-0.25, -0.2) is 4.98 Å². The SMILES string of the molecule is O=C(O)C1CN(C(=O)c2ccc(Br)cn2)c2ccccc21. The van der Waals surface area contributed by atoms with Crippen molar-refractivity contribution in [3.05, 3.63) is 58.3 Å². The number of carbonyl (C=O) groups is 2. The molecule has 1 aromatic carbocycles. The third-order valence-electron chi connectivity index (χ3n) is 3.46. The van der Waals surface area contributed by atoms with Crippen LogP contribution in [0.5, 0.6) is 0 Å². The van der Waals surface area contributed by atoms with Crippen LogP contribution < -0.4 is 4.90 Å². The molecule has 106 valence electrons. The molecule has 1 aromatic heterocycles. The molecule has 0 spiro atoms. The number of amides is 1. The Labute approximate surface area is 129 Å². The zero-order valence-corrected chi connectivity index (χ0v) is 12.4. The van der Waals surface area contributed by atoms with Crippen molar-refractivity contribution in [2.45, 2.75) is 5.92 Å². The molecule has 1 atom stereocenters. The summed E-state index contributed by atoms with van der Waals surface area (Å²) in [5, 5.41) is 9.31. The van der Waals surface area contributed by atoms with Crippen molar-refractivity contribution in [3.8, 4) is 0 Å². The maximum atomic E-state index is 12.5. The molecule has 0 aliphatic carbocycles. The van der Waals surface area contributed by atoms with Crippen molar-refractivity contribution in [1.29, 1.82) is 0 Å². The second kappa shape index (κ2) is 5.29. The fraction of sp³-hybridized carbons (Fsp3) is 0.133. The van der Waals surface area contributed by atoms with Crippen molar-refractivity contribution < 1.29 is 14.7 Å². The Kier molecular flexibility index (Phi) is 3.47. The molecule has 0 radical (unpaired) electrons. The van der Waals surface area contributed by atoms with Crippen LogP contribution in [0.4, 0.5) is 5.69 Å². The maximum Gasteiger partial charge on any atom is 0.312 e. The van der Waals surface area contributed by atoms with E-state index in [4.69, 9.17) is 0 Å². The maximum absolute atomic E-state index is 12.5. The fourth-order valence-corrected chi connectivity index (χ4v) is 2.69. The molecule has 1 N–H and O–H groups in total. The lowest BCUT2D eigenvalue weighted by Crippen LogP contribution is -2.31. The highest BCUT2D eigenvalue weighted by Crippen LogP contribution is 2.36. The molecular formula is C15H11BrN2O3. The van der Waals surface area contributed by atoms with Gasteiger partial charge in [-0.05, 0) is 39.7 Å². The Morgan fingerprint density at radius 2 is 2.00 bits per heavy atom. The molecule has 5 nitrogen and oxygen atoms in total. The first-order chi connectivity index (χ1) is 10.1. The number of aliphatic carboxylic acids is 1. The lowest BCUT2D eigenvalue weighted by Gasteiger charge is -2.16. The van der Waals surface area contributed by atoms with Gasteiger partial charge in [0.2, 0.25) is 0 Å². The van der Waals surface area contributed by atoms with E-state index < -0.39 is 11.9 Å². The molecule has 0 fully saturated rings. The molecule has 1 aliphatic rings. The van der Waals surface area contributed by atoms with Gasteiger partial charge in [-0.2, -0.15) is 0 Å². The van der Waals surface area contributed by atoms with Crippen molar-refractivity contribution in [2.24, 2.45) is 0 Å². The van der Waals surface area contributed by atoms with Crippen LogP contribution >= 0.6 is 15.9 Å². The molecule has 2 heterocycles. The Hall–Kier alpha value is -2.21. The fourth-order valence-electron chi connectivity index (χ4n) is 2.45. The van der Waals surface area contributed by atoms with Crippen LogP contribution in [-0.4, -0.2) is 28.5 Å². The highest BCUT2D eigenvalue weighted by Gasteiger charge is 2.36. The molecule has 2 aromatic rings. The smallest absolute Gasteiger partial charge is 0.312 e. The van der Waals surface area contributed by atoms with E-state index in [2.05, 4.69) is 20.9 Å². The Morgan fingerprint density at radius 1 is 1.24 bits per heavy atom. The first kappa shape index (κ1) is 13.8. The van der Waals surface area contributed by atoms with Crippen molar-refractivity contribution >= 4 is 33.5 Å². The van der Waals surface area contributed by atoms with E-state index >= 15 is 0 Å². The van der Waals surface area contributed by atoms with Gasteiger partial charge in [0.15, 0.2) is 0 Å². The summed E-state index contributed by atoms with van der Waals surface area (Å²) in [6.45, 7) is 0.130. The molecule has 0 saturated heterocycles. The van der Waals surface area contributed by atoms with Crippen LogP contribution in [0.3, 0.4) is 0 Å². The largest absolute Gasteiger partial charge is 0.481 e. The molecule has 1 amide bonds. The zero-order chi connectivity index (χ0) is 15.0. The predicted molar refractivity (Wildman–Crippen MR) is 80.4 cm³/mol. The molecule has 1 unspecified atom stereocenters. The number of carboxylic acids is 1. The number of fused-ring (bicyclic) bond motifs is 1. The number of halogens is 1. The number of carbonyl (C=O) groups excluding carboxylic acids is 1. The zero-order valence-electron chi connectivity index (χ0n) is 10.9. The molecule has 3 rings (SSSR count). The highest BCUT2D eigenvalue weighted by molar-refractivity contribution is 9.10. The third-order valence-corrected chi connectivity index (χ3v) is 3.93.